The monoisotopic (exact) mass is 265 g/mol. The van der Waals surface area contributed by atoms with Crippen LogP contribution in [0.5, 0.6) is 0 Å². The van der Waals surface area contributed by atoms with Crippen LogP contribution in [0.3, 0.4) is 0 Å². The largest absolute Gasteiger partial charge is 0.455 e. The zero-order chi connectivity index (χ0) is 13.0. The fourth-order valence-electron chi connectivity index (χ4n) is 1.75. The molecule has 18 heavy (non-hydrogen) atoms. The smallest absolute Gasteiger partial charge is 0.378 e. The van der Waals surface area contributed by atoms with Gasteiger partial charge in [0.05, 0.1) is 19.1 Å². The molecule has 0 aliphatic carbocycles. The summed E-state index contributed by atoms with van der Waals surface area (Å²) in [7, 11) is 0. The Labute approximate surface area is 102 Å². The first-order chi connectivity index (χ1) is 8.55. The van der Waals surface area contributed by atoms with Gasteiger partial charge in [0, 0.05) is 0 Å². The second-order valence-corrected chi connectivity index (χ2v) is 4.08. The van der Waals surface area contributed by atoms with E-state index in [1.165, 1.54) is 0 Å². The van der Waals surface area contributed by atoms with Crippen LogP contribution in [-0.4, -0.2) is 35.9 Å². The number of aromatic nitrogens is 2. The molecule has 1 aromatic rings. The summed E-state index contributed by atoms with van der Waals surface area (Å²) >= 11 is 0. The fraction of sp³-hybridized carbons (Fsp3) is 0.800. The molecule has 0 radical (unpaired) electrons. The van der Waals surface area contributed by atoms with Crippen molar-refractivity contribution in [2.24, 2.45) is 0 Å². The molecule has 0 amide bonds. The number of hydrogen-bond donors (Lipinski definition) is 1. The topological polar surface area (TPSA) is 60.2 Å². The highest BCUT2D eigenvalue weighted by Crippen LogP contribution is 2.26. The maximum absolute atomic E-state index is 12.2. The lowest BCUT2D eigenvalue weighted by Crippen LogP contribution is -2.32. The molecular weight excluding hydrogens is 251 g/mol. The van der Waals surface area contributed by atoms with Gasteiger partial charge >= 0.3 is 6.18 Å². The molecule has 2 heterocycles. The van der Waals surface area contributed by atoms with Crippen LogP contribution in [0.4, 0.5) is 13.2 Å². The lowest BCUT2D eigenvalue weighted by Gasteiger charge is -2.22. The number of alkyl halides is 3. The van der Waals surface area contributed by atoms with E-state index in [1.54, 1.807) is 0 Å². The summed E-state index contributed by atoms with van der Waals surface area (Å²) in [6.07, 6.45) is -2.36. The first-order valence-corrected chi connectivity index (χ1v) is 5.78. The summed E-state index contributed by atoms with van der Waals surface area (Å²) in [4.78, 5) is 3.27. The molecule has 1 saturated heterocycles. The first-order valence-electron chi connectivity index (χ1n) is 5.78. The van der Waals surface area contributed by atoms with Gasteiger partial charge in [0.2, 0.25) is 5.89 Å². The van der Waals surface area contributed by atoms with Crippen LogP contribution < -0.4 is 5.32 Å². The molecule has 1 aliphatic heterocycles. The lowest BCUT2D eigenvalue weighted by molar-refractivity contribution is -0.146. The maximum Gasteiger partial charge on any atom is 0.455 e. The Morgan fingerprint density at radius 2 is 2.06 bits per heavy atom. The van der Waals surface area contributed by atoms with Gasteiger partial charge in [0.1, 0.15) is 0 Å². The van der Waals surface area contributed by atoms with Crippen molar-refractivity contribution in [3.63, 3.8) is 0 Å². The third kappa shape index (κ3) is 3.67. The van der Waals surface area contributed by atoms with Gasteiger partial charge in [0.25, 0.3) is 5.82 Å². The van der Waals surface area contributed by atoms with Crippen molar-refractivity contribution in [3.05, 3.63) is 11.7 Å². The Morgan fingerprint density at radius 3 is 2.67 bits per heavy atom. The van der Waals surface area contributed by atoms with Crippen LogP contribution >= 0.6 is 0 Å². The zero-order valence-electron chi connectivity index (χ0n) is 9.66. The number of rotatable bonds is 4. The standard InChI is InChI=1S/C10H14F3N3O2/c11-10(12,13)9-15-8(18-16-9)3-6-17-7-1-4-14-5-2-7/h7,14H,1-6H2. The summed E-state index contributed by atoms with van der Waals surface area (Å²) in [5.41, 5.74) is 0. The molecule has 0 spiro atoms. The molecule has 0 bridgehead atoms. The van der Waals surface area contributed by atoms with E-state index in [1.807, 2.05) is 0 Å². The van der Waals surface area contributed by atoms with Crippen molar-refractivity contribution in [3.8, 4) is 0 Å². The fourth-order valence-corrected chi connectivity index (χ4v) is 1.75. The summed E-state index contributed by atoms with van der Waals surface area (Å²) < 4.78 is 46.6. The molecule has 5 nitrogen and oxygen atoms in total. The van der Waals surface area contributed by atoms with Crippen LogP contribution in [0.1, 0.15) is 24.6 Å². The summed E-state index contributed by atoms with van der Waals surface area (Å²) in [6, 6.07) is 0. The van der Waals surface area contributed by atoms with Crippen LogP contribution in [0, 0.1) is 0 Å². The molecule has 0 saturated carbocycles. The molecule has 0 unspecified atom stereocenters. The summed E-state index contributed by atoms with van der Waals surface area (Å²) in [5, 5.41) is 6.07. The van der Waals surface area contributed by atoms with Gasteiger partial charge in [-0.2, -0.15) is 18.2 Å². The Bertz CT molecular complexity index is 375. The van der Waals surface area contributed by atoms with Gasteiger partial charge in [-0.25, -0.2) is 0 Å². The highest BCUT2D eigenvalue weighted by Gasteiger charge is 2.37. The van der Waals surface area contributed by atoms with Gasteiger partial charge in [-0.3, -0.25) is 0 Å². The molecule has 0 aromatic carbocycles. The number of ether oxygens (including phenoxy) is 1. The summed E-state index contributed by atoms with van der Waals surface area (Å²) in [6.45, 7) is 2.11. The van der Waals surface area contributed by atoms with Crippen LogP contribution in [0.15, 0.2) is 4.52 Å². The van der Waals surface area contributed by atoms with Gasteiger partial charge < -0.3 is 14.6 Å². The Hall–Kier alpha value is -1.15. The Balaban J connectivity index is 1.74. The van der Waals surface area contributed by atoms with E-state index in [-0.39, 0.29) is 18.4 Å². The second kappa shape index (κ2) is 5.66. The minimum atomic E-state index is -4.56. The van der Waals surface area contributed by atoms with Crippen molar-refractivity contribution in [1.82, 2.24) is 15.5 Å². The predicted octanol–water partition coefficient (Wildman–Crippen LogP) is 1.40. The van der Waals surface area contributed by atoms with Crippen molar-refractivity contribution in [2.75, 3.05) is 19.7 Å². The van der Waals surface area contributed by atoms with E-state index in [4.69, 9.17) is 4.74 Å². The van der Waals surface area contributed by atoms with Crippen LogP contribution in [0.25, 0.3) is 0 Å². The van der Waals surface area contributed by atoms with Gasteiger partial charge in [-0.05, 0) is 25.9 Å². The zero-order valence-corrected chi connectivity index (χ0v) is 9.66. The summed E-state index contributed by atoms with van der Waals surface area (Å²) in [5.74, 6) is -1.28. The molecular formula is C10H14F3N3O2. The number of piperidine rings is 1. The number of halogens is 3. The van der Waals surface area contributed by atoms with E-state index >= 15 is 0 Å². The molecule has 1 aromatic heterocycles. The van der Waals surface area contributed by atoms with E-state index in [9.17, 15) is 13.2 Å². The molecule has 1 fully saturated rings. The number of hydrogen-bond acceptors (Lipinski definition) is 5. The SMILES string of the molecule is FC(F)(F)c1noc(CCOC2CCNCC2)n1. The van der Waals surface area contributed by atoms with E-state index < -0.39 is 12.0 Å². The van der Waals surface area contributed by atoms with Gasteiger partial charge in [-0.1, -0.05) is 5.16 Å². The minimum Gasteiger partial charge on any atom is -0.378 e. The minimum absolute atomic E-state index is 0.0451. The van der Waals surface area contributed by atoms with Crippen molar-refractivity contribution >= 4 is 0 Å². The molecule has 8 heteroatoms. The molecule has 2 rings (SSSR count). The maximum atomic E-state index is 12.2. The van der Waals surface area contributed by atoms with E-state index in [2.05, 4.69) is 20.0 Å². The van der Waals surface area contributed by atoms with Crippen molar-refractivity contribution in [1.29, 1.82) is 0 Å². The highest BCUT2D eigenvalue weighted by molar-refractivity contribution is 4.90. The van der Waals surface area contributed by atoms with Gasteiger partial charge in [-0.15, -0.1) is 0 Å². The second-order valence-electron chi connectivity index (χ2n) is 4.08. The molecule has 1 aliphatic rings. The van der Waals surface area contributed by atoms with Crippen molar-refractivity contribution in [2.45, 2.75) is 31.5 Å². The Kier molecular flexibility index (Phi) is 4.18. The highest BCUT2D eigenvalue weighted by atomic mass is 19.4. The number of nitrogens with one attached hydrogen (secondary N) is 1. The van der Waals surface area contributed by atoms with Crippen molar-refractivity contribution < 1.29 is 22.4 Å². The van der Waals surface area contributed by atoms with Crippen LogP contribution in [0.2, 0.25) is 0 Å². The Morgan fingerprint density at radius 1 is 1.33 bits per heavy atom. The lowest BCUT2D eigenvalue weighted by atomic mass is 10.1. The molecule has 102 valence electrons. The molecule has 0 atom stereocenters. The third-order valence-electron chi connectivity index (χ3n) is 2.68. The normalized spacial score (nSPS) is 18.2. The predicted molar refractivity (Wildman–Crippen MR) is 54.8 cm³/mol. The first kappa shape index (κ1) is 13.3. The number of nitrogens with zero attached hydrogens (tertiary/aromatic N) is 2. The average Bonchev–Trinajstić information content (AvgIpc) is 2.79. The van der Waals surface area contributed by atoms with E-state index in [0.717, 1.165) is 25.9 Å². The van der Waals surface area contributed by atoms with Gasteiger partial charge in [0.15, 0.2) is 0 Å². The van der Waals surface area contributed by atoms with Crippen LogP contribution in [-0.2, 0) is 17.3 Å². The average molecular weight is 265 g/mol. The molecule has 1 N–H and O–H groups in total. The quantitative estimate of drug-likeness (QED) is 0.891. The van der Waals surface area contributed by atoms with E-state index in [0.29, 0.717) is 6.61 Å². The third-order valence-corrected chi connectivity index (χ3v) is 2.68.